The van der Waals surface area contributed by atoms with Gasteiger partial charge in [-0.25, -0.2) is 4.68 Å². The Balaban J connectivity index is 1.72. The molecule has 21 heavy (non-hydrogen) atoms. The van der Waals surface area contributed by atoms with Crippen LogP contribution in [-0.2, 0) is 6.54 Å². The fraction of sp³-hybridized carbons (Fsp3) is 0.143. The lowest BCUT2D eigenvalue weighted by Crippen LogP contribution is -2.01. The molecule has 1 aromatic carbocycles. The van der Waals surface area contributed by atoms with Crippen molar-refractivity contribution in [2.24, 2.45) is 0 Å². The number of hydrogen-bond acceptors (Lipinski definition) is 6. The average Bonchev–Trinajstić information content (AvgIpc) is 3.16. The summed E-state index contributed by atoms with van der Waals surface area (Å²) in [5, 5.41) is 23.1. The summed E-state index contributed by atoms with van der Waals surface area (Å²) >= 11 is 0. The Kier molecular flexibility index (Phi) is 3.35. The van der Waals surface area contributed by atoms with Crippen molar-refractivity contribution in [3.8, 4) is 11.8 Å². The predicted octanol–water partition coefficient (Wildman–Crippen LogP) is 2.05. The van der Waals surface area contributed by atoms with Crippen LogP contribution in [-0.4, -0.2) is 20.2 Å². The SMILES string of the molecule is Cc1cc(NCc2ccc(C#N)o2)ccc1-n1cnnn1. The van der Waals surface area contributed by atoms with Gasteiger partial charge in [-0.3, -0.25) is 0 Å². The van der Waals surface area contributed by atoms with E-state index in [0.717, 1.165) is 16.9 Å². The lowest BCUT2D eigenvalue weighted by molar-refractivity contribution is 0.506. The molecule has 0 radical (unpaired) electrons. The molecule has 0 fully saturated rings. The highest BCUT2D eigenvalue weighted by Crippen LogP contribution is 2.18. The van der Waals surface area contributed by atoms with Gasteiger partial charge in [-0.15, -0.1) is 5.10 Å². The van der Waals surface area contributed by atoms with E-state index in [9.17, 15) is 0 Å². The van der Waals surface area contributed by atoms with Gasteiger partial charge in [0.25, 0.3) is 0 Å². The van der Waals surface area contributed by atoms with Crippen LogP contribution in [0.5, 0.6) is 0 Å². The zero-order chi connectivity index (χ0) is 14.7. The third kappa shape index (κ3) is 2.74. The van der Waals surface area contributed by atoms with E-state index in [-0.39, 0.29) is 0 Å². The molecule has 0 saturated carbocycles. The Morgan fingerprint density at radius 2 is 2.24 bits per heavy atom. The summed E-state index contributed by atoms with van der Waals surface area (Å²) in [4.78, 5) is 0. The lowest BCUT2D eigenvalue weighted by Gasteiger charge is -2.09. The van der Waals surface area contributed by atoms with E-state index < -0.39 is 0 Å². The Morgan fingerprint density at radius 1 is 1.33 bits per heavy atom. The molecule has 0 atom stereocenters. The number of tetrazole rings is 1. The van der Waals surface area contributed by atoms with Crippen LogP contribution in [0, 0.1) is 18.3 Å². The van der Waals surface area contributed by atoms with Gasteiger partial charge in [0.05, 0.1) is 12.2 Å². The number of nitrogens with zero attached hydrogens (tertiary/aromatic N) is 5. The first-order valence-electron chi connectivity index (χ1n) is 6.33. The fourth-order valence-electron chi connectivity index (χ4n) is 2.02. The minimum absolute atomic E-state index is 0.317. The second-order valence-electron chi connectivity index (χ2n) is 4.49. The largest absolute Gasteiger partial charge is 0.449 e. The second-order valence-corrected chi connectivity index (χ2v) is 4.49. The smallest absolute Gasteiger partial charge is 0.203 e. The standard InChI is InChI=1S/C14H12N6O/c1-10-6-11(2-5-14(10)20-9-17-18-19-20)16-8-13-4-3-12(7-15)21-13/h2-6,9,16H,8H2,1H3. The Bertz CT molecular complexity index is 784. The number of hydrogen-bond donors (Lipinski definition) is 1. The average molecular weight is 280 g/mol. The molecule has 7 nitrogen and oxygen atoms in total. The summed E-state index contributed by atoms with van der Waals surface area (Å²) in [5.74, 6) is 1.03. The van der Waals surface area contributed by atoms with E-state index in [0.29, 0.717) is 18.1 Å². The zero-order valence-corrected chi connectivity index (χ0v) is 11.3. The zero-order valence-electron chi connectivity index (χ0n) is 11.3. The lowest BCUT2D eigenvalue weighted by atomic mass is 10.2. The third-order valence-electron chi connectivity index (χ3n) is 3.03. The fourth-order valence-corrected chi connectivity index (χ4v) is 2.02. The van der Waals surface area contributed by atoms with Crippen molar-refractivity contribution in [2.45, 2.75) is 13.5 Å². The first-order valence-corrected chi connectivity index (χ1v) is 6.33. The van der Waals surface area contributed by atoms with E-state index in [1.54, 1.807) is 23.1 Å². The van der Waals surface area contributed by atoms with Crippen LogP contribution in [0.3, 0.4) is 0 Å². The first-order chi connectivity index (χ1) is 10.3. The van der Waals surface area contributed by atoms with Crippen LogP contribution in [0.2, 0.25) is 0 Å². The number of aryl methyl sites for hydroxylation is 1. The van der Waals surface area contributed by atoms with Crippen molar-refractivity contribution in [3.05, 3.63) is 53.7 Å². The molecule has 0 spiro atoms. The molecular weight excluding hydrogens is 268 g/mol. The van der Waals surface area contributed by atoms with Crippen LogP contribution in [0.15, 0.2) is 41.1 Å². The molecule has 0 unspecified atom stereocenters. The molecule has 2 aromatic heterocycles. The molecule has 2 heterocycles. The van der Waals surface area contributed by atoms with E-state index in [1.165, 1.54) is 0 Å². The Labute approximate surface area is 120 Å². The van der Waals surface area contributed by atoms with Gasteiger partial charge in [0.15, 0.2) is 0 Å². The summed E-state index contributed by atoms with van der Waals surface area (Å²) in [6.07, 6.45) is 1.56. The molecular formula is C14H12N6O. The van der Waals surface area contributed by atoms with Crippen molar-refractivity contribution >= 4 is 5.69 Å². The molecule has 0 amide bonds. The second kappa shape index (κ2) is 5.46. The summed E-state index contributed by atoms with van der Waals surface area (Å²) in [6.45, 7) is 2.51. The number of nitriles is 1. The molecule has 0 aliphatic carbocycles. The van der Waals surface area contributed by atoms with Crippen LogP contribution >= 0.6 is 0 Å². The van der Waals surface area contributed by atoms with Crippen LogP contribution in [0.1, 0.15) is 17.1 Å². The van der Waals surface area contributed by atoms with Crippen molar-refractivity contribution < 1.29 is 4.42 Å². The normalized spacial score (nSPS) is 10.3. The number of rotatable bonds is 4. The van der Waals surface area contributed by atoms with Gasteiger partial charge in [0.2, 0.25) is 5.76 Å². The summed E-state index contributed by atoms with van der Waals surface area (Å²) < 4.78 is 6.93. The van der Waals surface area contributed by atoms with Gasteiger partial charge < -0.3 is 9.73 Å². The Morgan fingerprint density at radius 3 is 2.90 bits per heavy atom. The van der Waals surface area contributed by atoms with Gasteiger partial charge in [0.1, 0.15) is 18.2 Å². The van der Waals surface area contributed by atoms with Crippen molar-refractivity contribution in [1.29, 1.82) is 5.26 Å². The van der Waals surface area contributed by atoms with Gasteiger partial charge in [-0.1, -0.05) is 0 Å². The quantitative estimate of drug-likeness (QED) is 0.786. The summed E-state index contributed by atoms with van der Waals surface area (Å²) in [7, 11) is 0. The van der Waals surface area contributed by atoms with Gasteiger partial charge in [-0.2, -0.15) is 5.26 Å². The topological polar surface area (TPSA) is 92.6 Å². The molecule has 0 aliphatic heterocycles. The number of nitrogens with one attached hydrogen (secondary N) is 1. The molecule has 104 valence electrons. The van der Waals surface area contributed by atoms with Crippen LogP contribution < -0.4 is 5.32 Å². The number of furan rings is 1. The minimum atomic E-state index is 0.317. The van der Waals surface area contributed by atoms with E-state index in [1.807, 2.05) is 31.2 Å². The van der Waals surface area contributed by atoms with E-state index >= 15 is 0 Å². The maximum atomic E-state index is 8.71. The Hall–Kier alpha value is -3.14. The van der Waals surface area contributed by atoms with E-state index in [2.05, 4.69) is 20.8 Å². The van der Waals surface area contributed by atoms with Gasteiger partial charge in [-0.05, 0) is 53.2 Å². The molecule has 1 N–H and O–H groups in total. The molecule has 0 bridgehead atoms. The van der Waals surface area contributed by atoms with Crippen LogP contribution in [0.4, 0.5) is 5.69 Å². The van der Waals surface area contributed by atoms with E-state index in [4.69, 9.17) is 9.68 Å². The van der Waals surface area contributed by atoms with Crippen LogP contribution in [0.25, 0.3) is 5.69 Å². The molecule has 7 heteroatoms. The van der Waals surface area contributed by atoms with Gasteiger partial charge >= 0.3 is 0 Å². The third-order valence-corrected chi connectivity index (χ3v) is 3.03. The monoisotopic (exact) mass is 280 g/mol. The predicted molar refractivity (Wildman–Crippen MR) is 74.6 cm³/mol. The highest BCUT2D eigenvalue weighted by Gasteiger charge is 2.05. The molecule has 3 aromatic rings. The highest BCUT2D eigenvalue weighted by molar-refractivity contribution is 5.53. The summed E-state index contributed by atoms with van der Waals surface area (Å²) in [6, 6.07) is 11.3. The van der Waals surface area contributed by atoms with Crippen molar-refractivity contribution in [3.63, 3.8) is 0 Å². The first kappa shape index (κ1) is 12.9. The number of anilines is 1. The van der Waals surface area contributed by atoms with Gasteiger partial charge in [0, 0.05) is 5.69 Å². The van der Waals surface area contributed by atoms with Crippen molar-refractivity contribution in [2.75, 3.05) is 5.32 Å². The number of benzene rings is 1. The molecule has 0 saturated heterocycles. The molecule has 3 rings (SSSR count). The summed E-state index contributed by atoms with van der Waals surface area (Å²) in [5.41, 5.74) is 2.93. The maximum absolute atomic E-state index is 8.71. The maximum Gasteiger partial charge on any atom is 0.203 e. The highest BCUT2D eigenvalue weighted by atomic mass is 16.3. The molecule has 0 aliphatic rings. The minimum Gasteiger partial charge on any atom is -0.449 e. The number of aromatic nitrogens is 4. The van der Waals surface area contributed by atoms with Crippen molar-refractivity contribution in [1.82, 2.24) is 20.2 Å².